The van der Waals surface area contributed by atoms with Gasteiger partial charge in [0.1, 0.15) is 12.4 Å². The number of hydrogen-bond acceptors (Lipinski definition) is 4. The molecule has 0 aliphatic heterocycles. The average Bonchev–Trinajstić information content (AvgIpc) is 2.34. The predicted molar refractivity (Wildman–Crippen MR) is 59.2 cm³/mol. The molecule has 1 N–H and O–H groups in total. The van der Waals surface area contributed by atoms with Crippen molar-refractivity contribution in [3.8, 4) is 0 Å². The van der Waals surface area contributed by atoms with Gasteiger partial charge in [-0.2, -0.15) is 13.2 Å². The summed E-state index contributed by atoms with van der Waals surface area (Å²) in [7, 11) is 1.62. The third kappa shape index (κ3) is 3.86. The number of amides is 1. The molecule has 0 bridgehead atoms. The summed E-state index contributed by atoms with van der Waals surface area (Å²) < 4.78 is 36.7. The molecule has 1 rings (SSSR count). The van der Waals surface area contributed by atoms with Gasteiger partial charge in [-0.05, 0) is 19.1 Å². The number of aromatic nitrogens is 2. The van der Waals surface area contributed by atoms with Crippen LogP contribution in [0, 0.1) is 0 Å². The van der Waals surface area contributed by atoms with Crippen molar-refractivity contribution in [2.45, 2.75) is 13.1 Å². The molecule has 8 heteroatoms. The van der Waals surface area contributed by atoms with Crippen molar-refractivity contribution in [1.29, 1.82) is 0 Å². The Balaban J connectivity index is 2.82. The second-order valence-electron chi connectivity index (χ2n) is 3.49. The van der Waals surface area contributed by atoms with E-state index < -0.39 is 18.6 Å². The highest BCUT2D eigenvalue weighted by molar-refractivity contribution is 5.92. The van der Waals surface area contributed by atoms with E-state index in [-0.39, 0.29) is 12.2 Å². The first-order valence-corrected chi connectivity index (χ1v) is 5.25. The highest BCUT2D eigenvalue weighted by Gasteiger charge is 2.33. The van der Waals surface area contributed by atoms with Gasteiger partial charge in [-0.25, -0.2) is 0 Å². The van der Waals surface area contributed by atoms with Crippen LogP contribution in [0.5, 0.6) is 0 Å². The van der Waals surface area contributed by atoms with Crippen LogP contribution in [0.1, 0.15) is 17.4 Å². The van der Waals surface area contributed by atoms with Crippen LogP contribution in [0.2, 0.25) is 0 Å². The van der Waals surface area contributed by atoms with Gasteiger partial charge in [-0.1, -0.05) is 0 Å². The molecule has 0 unspecified atom stereocenters. The topological polar surface area (TPSA) is 58.1 Å². The van der Waals surface area contributed by atoms with E-state index in [2.05, 4.69) is 15.5 Å². The van der Waals surface area contributed by atoms with Crippen LogP contribution < -0.4 is 5.32 Å². The number of alkyl halides is 3. The molecular weight excluding hydrogens is 249 g/mol. The van der Waals surface area contributed by atoms with Gasteiger partial charge < -0.3 is 10.2 Å². The lowest BCUT2D eigenvalue weighted by Crippen LogP contribution is -2.39. The predicted octanol–water partition coefficient (Wildman–Crippen LogP) is 1.54. The molecule has 0 saturated carbocycles. The van der Waals surface area contributed by atoms with E-state index in [0.29, 0.717) is 10.7 Å². The molecule has 1 heterocycles. The highest BCUT2D eigenvalue weighted by atomic mass is 19.4. The molecule has 0 saturated heterocycles. The number of carbonyl (C=O) groups excluding carboxylic acids is 1. The Morgan fingerprint density at radius 1 is 1.39 bits per heavy atom. The molecule has 0 aliphatic rings. The van der Waals surface area contributed by atoms with E-state index in [0.717, 1.165) is 0 Å². The summed E-state index contributed by atoms with van der Waals surface area (Å²) in [6.45, 7) is 0.130. The van der Waals surface area contributed by atoms with Crippen molar-refractivity contribution in [1.82, 2.24) is 15.1 Å². The van der Waals surface area contributed by atoms with Crippen molar-refractivity contribution in [2.24, 2.45) is 0 Å². The molecule has 18 heavy (non-hydrogen) atoms. The molecule has 1 amide bonds. The van der Waals surface area contributed by atoms with Crippen molar-refractivity contribution in [3.63, 3.8) is 0 Å². The first kappa shape index (κ1) is 14.2. The van der Waals surface area contributed by atoms with Crippen LogP contribution in [0.3, 0.4) is 0 Å². The Bertz CT molecular complexity index is 405. The number of hydrogen-bond donors (Lipinski definition) is 1. The van der Waals surface area contributed by atoms with E-state index >= 15 is 0 Å². The number of anilines is 1. The average molecular weight is 262 g/mol. The van der Waals surface area contributed by atoms with E-state index in [1.165, 1.54) is 19.1 Å². The van der Waals surface area contributed by atoms with Crippen LogP contribution in [0.15, 0.2) is 12.1 Å². The summed E-state index contributed by atoms with van der Waals surface area (Å²) in [6.07, 6.45) is -4.43. The highest BCUT2D eigenvalue weighted by Crippen LogP contribution is 2.17. The summed E-state index contributed by atoms with van der Waals surface area (Å²) in [5.74, 6) is -0.351. The number of halogens is 3. The third-order valence-corrected chi connectivity index (χ3v) is 2.18. The van der Waals surface area contributed by atoms with Gasteiger partial charge in [-0.3, -0.25) is 4.79 Å². The summed E-state index contributed by atoms with van der Waals surface area (Å²) in [5, 5.41) is 9.91. The molecule has 100 valence electrons. The zero-order valence-electron chi connectivity index (χ0n) is 9.95. The van der Waals surface area contributed by atoms with Crippen LogP contribution in [0.25, 0.3) is 0 Å². The Morgan fingerprint density at radius 2 is 2.06 bits per heavy atom. The first-order valence-electron chi connectivity index (χ1n) is 5.25. The normalized spacial score (nSPS) is 11.2. The van der Waals surface area contributed by atoms with Gasteiger partial charge >= 0.3 is 6.18 Å². The summed E-state index contributed by atoms with van der Waals surface area (Å²) in [5.41, 5.74) is -0.111. The van der Waals surface area contributed by atoms with Crippen molar-refractivity contribution in [3.05, 3.63) is 17.8 Å². The van der Waals surface area contributed by atoms with Crippen LogP contribution in [-0.2, 0) is 0 Å². The van der Waals surface area contributed by atoms with E-state index in [4.69, 9.17) is 0 Å². The Kier molecular flexibility index (Phi) is 4.46. The molecule has 5 nitrogen and oxygen atoms in total. The lowest BCUT2D eigenvalue weighted by atomic mass is 10.3. The minimum Gasteiger partial charge on any atom is -0.372 e. The molecule has 0 aliphatic carbocycles. The molecule has 1 aromatic rings. The van der Waals surface area contributed by atoms with Crippen molar-refractivity contribution >= 4 is 11.7 Å². The molecule has 0 spiro atoms. The lowest BCUT2D eigenvalue weighted by molar-refractivity contribution is -0.140. The van der Waals surface area contributed by atoms with Crippen LogP contribution >= 0.6 is 0 Å². The Morgan fingerprint density at radius 3 is 2.44 bits per heavy atom. The summed E-state index contributed by atoms with van der Waals surface area (Å²) in [6, 6.07) is 2.81. The Hall–Kier alpha value is -1.86. The van der Waals surface area contributed by atoms with Gasteiger partial charge in [-0.15, -0.1) is 10.2 Å². The van der Waals surface area contributed by atoms with Gasteiger partial charge in [0.15, 0.2) is 5.69 Å². The zero-order valence-corrected chi connectivity index (χ0v) is 9.95. The standard InChI is InChI=1S/C10H13F3N4O/c1-3-17(6-10(11,12)13)9(18)7-4-5-8(14-2)16-15-7/h4-5H,3,6H2,1-2H3,(H,14,16). The largest absolute Gasteiger partial charge is 0.406 e. The van der Waals surface area contributed by atoms with Crippen molar-refractivity contribution in [2.75, 3.05) is 25.5 Å². The minimum atomic E-state index is -4.43. The fraction of sp³-hybridized carbons (Fsp3) is 0.500. The van der Waals surface area contributed by atoms with Gasteiger partial charge in [0, 0.05) is 13.6 Å². The van der Waals surface area contributed by atoms with Gasteiger partial charge in [0.05, 0.1) is 0 Å². The Labute approximate surface area is 102 Å². The molecular formula is C10H13F3N4O. The summed E-state index contributed by atoms with van der Waals surface area (Å²) in [4.78, 5) is 12.4. The van der Waals surface area contributed by atoms with Crippen LogP contribution in [-0.4, -0.2) is 47.3 Å². The maximum atomic E-state index is 12.2. The first-order chi connectivity index (χ1) is 8.37. The smallest absolute Gasteiger partial charge is 0.372 e. The number of nitrogens with one attached hydrogen (secondary N) is 1. The number of carbonyl (C=O) groups is 1. The second kappa shape index (κ2) is 5.65. The maximum Gasteiger partial charge on any atom is 0.406 e. The molecule has 1 aromatic heterocycles. The maximum absolute atomic E-state index is 12.2. The van der Waals surface area contributed by atoms with Crippen LogP contribution in [0.4, 0.5) is 19.0 Å². The lowest BCUT2D eigenvalue weighted by Gasteiger charge is -2.21. The molecule has 0 radical (unpaired) electrons. The van der Waals surface area contributed by atoms with Gasteiger partial charge in [0.2, 0.25) is 0 Å². The molecule has 0 fully saturated rings. The fourth-order valence-electron chi connectivity index (χ4n) is 1.29. The zero-order chi connectivity index (χ0) is 13.8. The third-order valence-electron chi connectivity index (χ3n) is 2.18. The number of nitrogens with zero attached hydrogens (tertiary/aromatic N) is 3. The molecule has 0 atom stereocenters. The number of rotatable bonds is 4. The second-order valence-corrected chi connectivity index (χ2v) is 3.49. The SMILES string of the molecule is CCN(CC(F)(F)F)C(=O)c1ccc(NC)nn1. The summed E-state index contributed by atoms with van der Waals surface area (Å²) >= 11 is 0. The molecule has 0 aromatic carbocycles. The van der Waals surface area contributed by atoms with Crippen molar-refractivity contribution < 1.29 is 18.0 Å². The monoisotopic (exact) mass is 262 g/mol. The fourth-order valence-corrected chi connectivity index (χ4v) is 1.29. The van der Waals surface area contributed by atoms with E-state index in [9.17, 15) is 18.0 Å². The minimum absolute atomic E-state index is 0.0478. The van der Waals surface area contributed by atoms with E-state index in [1.807, 2.05) is 0 Å². The quantitative estimate of drug-likeness (QED) is 0.894. The van der Waals surface area contributed by atoms with Gasteiger partial charge in [0.25, 0.3) is 5.91 Å². The van der Waals surface area contributed by atoms with E-state index in [1.54, 1.807) is 7.05 Å².